The summed E-state index contributed by atoms with van der Waals surface area (Å²) in [5.41, 5.74) is 0.0770. The van der Waals surface area contributed by atoms with Crippen molar-refractivity contribution < 1.29 is 9.59 Å². The van der Waals surface area contributed by atoms with Crippen LogP contribution in [-0.4, -0.2) is 23.1 Å². The van der Waals surface area contributed by atoms with Crippen molar-refractivity contribution in [2.45, 2.75) is 26.3 Å². The van der Waals surface area contributed by atoms with E-state index < -0.39 is 6.03 Å². The number of nitrogens with zero attached hydrogens (tertiary/aromatic N) is 2. The van der Waals surface area contributed by atoms with Gasteiger partial charge in [-0.15, -0.1) is 0 Å². The van der Waals surface area contributed by atoms with E-state index in [1.807, 2.05) is 13.8 Å². The fraction of sp³-hybridized carbons (Fsp3) is 0.417. The molecule has 0 unspecified atom stereocenters. The van der Waals surface area contributed by atoms with E-state index in [0.29, 0.717) is 5.69 Å². The lowest BCUT2D eigenvalue weighted by molar-refractivity contribution is -0.120. The van der Waals surface area contributed by atoms with Crippen molar-refractivity contribution in [3.8, 4) is 0 Å². The third-order valence-electron chi connectivity index (χ3n) is 2.86. The van der Waals surface area contributed by atoms with Crippen LogP contribution in [0, 0.1) is 0 Å². The highest BCUT2D eigenvalue weighted by atomic mass is 16.2. The molecule has 96 valence electrons. The lowest BCUT2D eigenvalue weighted by atomic mass is 10.2. The van der Waals surface area contributed by atoms with Gasteiger partial charge in [-0.2, -0.15) is 0 Å². The van der Waals surface area contributed by atoms with Crippen LogP contribution in [0.2, 0.25) is 0 Å². The predicted molar refractivity (Wildman–Crippen MR) is 66.6 cm³/mol. The third-order valence-corrected chi connectivity index (χ3v) is 2.86. The molecule has 2 rings (SSSR count). The van der Waals surface area contributed by atoms with Crippen LogP contribution in [0.15, 0.2) is 23.1 Å². The monoisotopic (exact) mass is 249 g/mol. The van der Waals surface area contributed by atoms with Gasteiger partial charge >= 0.3 is 6.03 Å². The van der Waals surface area contributed by atoms with Crippen LogP contribution in [-0.2, 0) is 4.79 Å². The number of nitrogens with one attached hydrogen (secondary N) is 1. The summed E-state index contributed by atoms with van der Waals surface area (Å²) < 4.78 is 1.55. The van der Waals surface area contributed by atoms with Gasteiger partial charge in [-0.1, -0.05) is 0 Å². The number of carbonyl (C=O) groups is 2. The molecule has 0 aliphatic carbocycles. The quantitative estimate of drug-likeness (QED) is 0.845. The van der Waals surface area contributed by atoms with Gasteiger partial charge < -0.3 is 4.57 Å². The molecule has 3 amide bonds. The van der Waals surface area contributed by atoms with Crippen LogP contribution >= 0.6 is 0 Å². The van der Waals surface area contributed by atoms with Gasteiger partial charge in [0.05, 0.1) is 0 Å². The lowest BCUT2D eigenvalue weighted by Gasteiger charge is -2.26. The van der Waals surface area contributed by atoms with Gasteiger partial charge in [-0.05, 0) is 26.0 Å². The van der Waals surface area contributed by atoms with E-state index in [4.69, 9.17) is 0 Å². The second-order valence-corrected chi connectivity index (χ2v) is 4.45. The summed E-state index contributed by atoms with van der Waals surface area (Å²) in [5, 5.41) is 2.20. The number of amides is 3. The van der Waals surface area contributed by atoms with Crippen LogP contribution in [0.5, 0.6) is 0 Å². The summed E-state index contributed by atoms with van der Waals surface area (Å²) in [6.07, 6.45) is 1.89. The Hall–Kier alpha value is -2.11. The zero-order valence-electron chi connectivity index (χ0n) is 10.3. The molecule has 0 bridgehead atoms. The van der Waals surface area contributed by atoms with Gasteiger partial charge in [0.15, 0.2) is 0 Å². The van der Waals surface area contributed by atoms with Crippen molar-refractivity contribution in [2.75, 3.05) is 11.4 Å². The standard InChI is InChI=1S/C12H15N3O3/c1-8(2)14-6-3-4-9(11(14)17)15-7-5-10(16)13-12(15)18/h3-4,6,8H,5,7H2,1-2H3,(H,13,16,18). The minimum Gasteiger partial charge on any atom is -0.311 e. The van der Waals surface area contributed by atoms with Crippen LogP contribution in [0.3, 0.4) is 0 Å². The van der Waals surface area contributed by atoms with Crippen molar-refractivity contribution in [1.82, 2.24) is 9.88 Å². The number of carbonyl (C=O) groups excluding carboxylic acids is 2. The fourth-order valence-electron chi connectivity index (χ4n) is 1.90. The smallest absolute Gasteiger partial charge is 0.311 e. The van der Waals surface area contributed by atoms with Crippen molar-refractivity contribution in [3.63, 3.8) is 0 Å². The first-order valence-corrected chi connectivity index (χ1v) is 5.83. The van der Waals surface area contributed by atoms with E-state index in [2.05, 4.69) is 5.32 Å². The molecule has 18 heavy (non-hydrogen) atoms. The van der Waals surface area contributed by atoms with Gasteiger partial charge in [0.25, 0.3) is 5.56 Å². The largest absolute Gasteiger partial charge is 0.328 e. The van der Waals surface area contributed by atoms with Crippen molar-refractivity contribution in [2.24, 2.45) is 0 Å². The number of aromatic nitrogens is 1. The Labute approximate surface area is 104 Å². The summed E-state index contributed by atoms with van der Waals surface area (Å²) in [4.78, 5) is 36.3. The molecule has 1 aliphatic heterocycles. The van der Waals surface area contributed by atoms with Crippen molar-refractivity contribution >= 4 is 17.6 Å². The van der Waals surface area contributed by atoms with Gasteiger partial charge in [0, 0.05) is 25.2 Å². The average molecular weight is 249 g/mol. The minimum atomic E-state index is -0.537. The zero-order valence-corrected chi connectivity index (χ0v) is 10.3. The van der Waals surface area contributed by atoms with E-state index in [1.165, 1.54) is 4.90 Å². The predicted octanol–water partition coefficient (Wildman–Crippen LogP) is 0.876. The molecule has 1 N–H and O–H groups in total. The number of hydrogen-bond donors (Lipinski definition) is 1. The third kappa shape index (κ3) is 2.13. The minimum absolute atomic E-state index is 0.0203. The molecule has 0 aromatic carbocycles. The molecule has 1 fully saturated rings. The Balaban J connectivity index is 2.40. The fourth-order valence-corrected chi connectivity index (χ4v) is 1.90. The zero-order chi connectivity index (χ0) is 13.3. The summed E-state index contributed by atoms with van der Waals surface area (Å²) in [7, 11) is 0. The molecule has 6 heteroatoms. The normalized spacial score (nSPS) is 16.1. The molecule has 1 aliphatic rings. The van der Waals surface area contributed by atoms with E-state index >= 15 is 0 Å². The summed E-state index contributed by atoms with van der Waals surface area (Å²) in [6.45, 7) is 4.03. The van der Waals surface area contributed by atoms with Gasteiger partial charge in [-0.25, -0.2) is 4.79 Å². The topological polar surface area (TPSA) is 71.4 Å². The molecule has 1 aromatic rings. The Morgan fingerprint density at radius 2 is 2.00 bits per heavy atom. The number of urea groups is 1. The Kier molecular flexibility index (Phi) is 3.18. The van der Waals surface area contributed by atoms with Crippen LogP contribution in [0.25, 0.3) is 0 Å². The van der Waals surface area contributed by atoms with E-state index in [9.17, 15) is 14.4 Å². The molecule has 6 nitrogen and oxygen atoms in total. The molecule has 0 atom stereocenters. The average Bonchev–Trinajstić information content (AvgIpc) is 2.30. The molecule has 0 spiro atoms. The van der Waals surface area contributed by atoms with Crippen LogP contribution < -0.4 is 15.8 Å². The van der Waals surface area contributed by atoms with Crippen LogP contribution in [0.4, 0.5) is 10.5 Å². The van der Waals surface area contributed by atoms with E-state index in [-0.39, 0.29) is 30.5 Å². The Morgan fingerprint density at radius 1 is 1.28 bits per heavy atom. The maximum atomic E-state index is 12.2. The molecule has 1 aromatic heterocycles. The number of imide groups is 1. The Morgan fingerprint density at radius 3 is 2.61 bits per heavy atom. The Bertz CT molecular complexity index is 548. The molecular weight excluding hydrogens is 234 g/mol. The number of pyridine rings is 1. The van der Waals surface area contributed by atoms with Gasteiger partial charge in [0.2, 0.25) is 5.91 Å². The second-order valence-electron chi connectivity index (χ2n) is 4.45. The number of anilines is 1. The summed E-state index contributed by atoms with van der Waals surface area (Å²) in [5.74, 6) is -0.309. The molecule has 2 heterocycles. The maximum absolute atomic E-state index is 12.2. The number of rotatable bonds is 2. The molecule has 0 radical (unpaired) electrons. The molecular formula is C12H15N3O3. The van der Waals surface area contributed by atoms with E-state index in [0.717, 1.165) is 0 Å². The summed E-state index contributed by atoms with van der Waals surface area (Å²) >= 11 is 0. The molecule has 1 saturated heterocycles. The van der Waals surface area contributed by atoms with Gasteiger partial charge in [0.1, 0.15) is 5.69 Å². The SMILES string of the molecule is CC(C)n1cccc(N2CCC(=O)NC2=O)c1=O. The van der Waals surface area contributed by atoms with E-state index in [1.54, 1.807) is 22.9 Å². The first kappa shape index (κ1) is 12.3. The van der Waals surface area contributed by atoms with Crippen LogP contribution in [0.1, 0.15) is 26.3 Å². The van der Waals surface area contributed by atoms with Gasteiger partial charge in [-0.3, -0.25) is 19.8 Å². The first-order valence-electron chi connectivity index (χ1n) is 5.83. The van der Waals surface area contributed by atoms with Crippen molar-refractivity contribution in [3.05, 3.63) is 28.7 Å². The number of hydrogen-bond acceptors (Lipinski definition) is 3. The maximum Gasteiger partial charge on any atom is 0.328 e. The highest BCUT2D eigenvalue weighted by molar-refractivity contribution is 6.05. The lowest BCUT2D eigenvalue weighted by Crippen LogP contribution is -2.51. The summed E-state index contributed by atoms with van der Waals surface area (Å²) in [6, 6.07) is 2.80. The van der Waals surface area contributed by atoms with Crippen molar-refractivity contribution in [1.29, 1.82) is 0 Å². The first-order chi connectivity index (χ1) is 8.50. The molecule has 0 saturated carbocycles. The highest BCUT2D eigenvalue weighted by Crippen LogP contribution is 2.13. The second kappa shape index (κ2) is 4.64. The highest BCUT2D eigenvalue weighted by Gasteiger charge is 2.26.